The average molecular weight is 285 g/mol. The van der Waals surface area contributed by atoms with Crippen LogP contribution in [-0.4, -0.2) is 51.5 Å². The van der Waals surface area contributed by atoms with Gasteiger partial charge in [0.25, 0.3) is 0 Å². The van der Waals surface area contributed by atoms with Crippen LogP contribution >= 0.6 is 12.2 Å². The maximum atomic E-state index is 5.56. The molecule has 0 fully saturated rings. The van der Waals surface area contributed by atoms with Crippen molar-refractivity contribution in [3.8, 4) is 0 Å². The lowest BCUT2D eigenvalue weighted by Gasteiger charge is -2.21. The molecule has 0 spiro atoms. The minimum atomic E-state index is 0.539. The molecule has 0 aliphatic heterocycles. The van der Waals surface area contributed by atoms with Gasteiger partial charge in [-0.2, -0.15) is 5.10 Å². The Morgan fingerprint density at radius 1 is 1.53 bits per heavy atom. The molecule has 108 valence electrons. The van der Waals surface area contributed by atoms with Gasteiger partial charge >= 0.3 is 0 Å². The lowest BCUT2D eigenvalue weighted by atomic mass is 10.3. The summed E-state index contributed by atoms with van der Waals surface area (Å²) in [7, 11) is 1.70. The fourth-order valence-corrected chi connectivity index (χ4v) is 1.86. The Morgan fingerprint density at radius 2 is 2.32 bits per heavy atom. The van der Waals surface area contributed by atoms with E-state index in [9.17, 15) is 0 Å². The number of thiocarbonyl (C=S) groups is 1. The van der Waals surface area contributed by atoms with E-state index in [0.29, 0.717) is 18.0 Å². The van der Waals surface area contributed by atoms with Gasteiger partial charge in [0.1, 0.15) is 12.2 Å². The molecular weight excluding hydrogens is 262 g/mol. The third kappa shape index (κ3) is 6.09. The highest BCUT2D eigenvalue weighted by Gasteiger charge is 2.11. The molecule has 0 saturated heterocycles. The van der Waals surface area contributed by atoms with Crippen LogP contribution in [0.1, 0.15) is 25.6 Å². The van der Waals surface area contributed by atoms with Crippen LogP contribution in [0.3, 0.4) is 0 Å². The van der Waals surface area contributed by atoms with Crippen molar-refractivity contribution in [3.05, 3.63) is 12.2 Å². The highest BCUT2D eigenvalue weighted by Crippen LogP contribution is 2.03. The fraction of sp³-hybridized carbons (Fsp3) is 0.750. The summed E-state index contributed by atoms with van der Waals surface area (Å²) in [6.45, 7) is 6.09. The quantitative estimate of drug-likeness (QED) is 0.642. The molecule has 0 atom stereocenters. The second-order valence-corrected chi connectivity index (χ2v) is 4.91. The molecule has 1 heterocycles. The van der Waals surface area contributed by atoms with Crippen molar-refractivity contribution in [2.24, 2.45) is 5.73 Å². The average Bonchev–Trinajstić information content (AvgIpc) is 2.80. The molecule has 0 saturated carbocycles. The zero-order valence-electron chi connectivity index (χ0n) is 11.7. The van der Waals surface area contributed by atoms with E-state index in [1.54, 1.807) is 13.4 Å². The smallest absolute Gasteiger partial charge is 0.141 e. The van der Waals surface area contributed by atoms with Gasteiger partial charge in [0, 0.05) is 33.2 Å². The summed E-state index contributed by atoms with van der Waals surface area (Å²) >= 11 is 4.93. The first-order valence-electron chi connectivity index (χ1n) is 6.53. The molecule has 0 amide bonds. The third-order valence-corrected chi connectivity index (χ3v) is 2.99. The molecule has 1 aromatic rings. The standard InChI is InChI=1S/C12H23N5OS/c1-3-5-17-12(14-10-15-17)9-16(7-8-18-2)6-4-11(13)19/h10H,3-9H2,1-2H3,(H2,13,19). The van der Waals surface area contributed by atoms with Crippen molar-refractivity contribution >= 4 is 17.2 Å². The number of methoxy groups -OCH3 is 1. The van der Waals surface area contributed by atoms with E-state index in [0.717, 1.165) is 38.4 Å². The van der Waals surface area contributed by atoms with Crippen LogP contribution in [0.4, 0.5) is 0 Å². The van der Waals surface area contributed by atoms with Crippen molar-refractivity contribution in [3.63, 3.8) is 0 Å². The van der Waals surface area contributed by atoms with Crippen LogP contribution in [-0.2, 0) is 17.8 Å². The van der Waals surface area contributed by atoms with Crippen molar-refractivity contribution in [1.82, 2.24) is 19.7 Å². The van der Waals surface area contributed by atoms with Crippen molar-refractivity contribution < 1.29 is 4.74 Å². The largest absolute Gasteiger partial charge is 0.393 e. The second-order valence-electron chi connectivity index (χ2n) is 4.38. The number of hydrogen-bond acceptors (Lipinski definition) is 5. The summed E-state index contributed by atoms with van der Waals surface area (Å²) in [5.74, 6) is 0.973. The number of ether oxygens (including phenoxy) is 1. The van der Waals surface area contributed by atoms with Gasteiger partial charge in [0.15, 0.2) is 0 Å². The van der Waals surface area contributed by atoms with Crippen molar-refractivity contribution in [2.45, 2.75) is 32.9 Å². The zero-order chi connectivity index (χ0) is 14.1. The van der Waals surface area contributed by atoms with E-state index in [4.69, 9.17) is 22.7 Å². The molecule has 0 aliphatic carbocycles. The van der Waals surface area contributed by atoms with Crippen LogP contribution < -0.4 is 5.73 Å². The molecule has 0 radical (unpaired) electrons. The maximum absolute atomic E-state index is 5.56. The number of hydrogen-bond donors (Lipinski definition) is 1. The lowest BCUT2D eigenvalue weighted by molar-refractivity contribution is 0.143. The molecule has 1 aromatic heterocycles. The predicted molar refractivity (Wildman–Crippen MR) is 78.9 cm³/mol. The summed E-state index contributed by atoms with van der Waals surface area (Å²) in [5, 5.41) is 4.23. The number of aryl methyl sites for hydroxylation is 1. The van der Waals surface area contributed by atoms with E-state index in [-0.39, 0.29) is 0 Å². The molecule has 0 unspecified atom stereocenters. The van der Waals surface area contributed by atoms with E-state index in [2.05, 4.69) is 21.9 Å². The molecule has 19 heavy (non-hydrogen) atoms. The zero-order valence-corrected chi connectivity index (χ0v) is 12.5. The maximum Gasteiger partial charge on any atom is 0.141 e. The summed E-state index contributed by atoms with van der Waals surface area (Å²) in [5.41, 5.74) is 5.56. The van der Waals surface area contributed by atoms with Crippen molar-refractivity contribution in [2.75, 3.05) is 26.8 Å². The van der Waals surface area contributed by atoms with E-state index >= 15 is 0 Å². The topological polar surface area (TPSA) is 69.2 Å². The number of rotatable bonds is 10. The van der Waals surface area contributed by atoms with Crippen LogP contribution in [0.5, 0.6) is 0 Å². The number of aromatic nitrogens is 3. The highest BCUT2D eigenvalue weighted by atomic mass is 32.1. The second kappa shape index (κ2) is 8.95. The molecule has 7 heteroatoms. The summed E-state index contributed by atoms with van der Waals surface area (Å²) in [6.07, 6.45) is 3.36. The first kappa shape index (κ1) is 16.0. The Balaban J connectivity index is 2.58. The molecule has 0 bridgehead atoms. The molecule has 2 N–H and O–H groups in total. The van der Waals surface area contributed by atoms with E-state index in [1.807, 2.05) is 4.68 Å². The highest BCUT2D eigenvalue weighted by molar-refractivity contribution is 7.80. The van der Waals surface area contributed by atoms with Crippen LogP contribution in [0.2, 0.25) is 0 Å². The predicted octanol–water partition coefficient (Wildman–Crippen LogP) is 0.813. The Hall–Kier alpha value is -1.05. The molecule has 0 aromatic carbocycles. The summed E-state index contributed by atoms with van der Waals surface area (Å²) < 4.78 is 7.07. The Bertz CT molecular complexity index is 382. The SMILES string of the molecule is CCCn1ncnc1CN(CCOC)CCC(N)=S. The minimum absolute atomic E-state index is 0.539. The molecule has 1 rings (SSSR count). The van der Waals surface area contributed by atoms with E-state index < -0.39 is 0 Å². The Morgan fingerprint density at radius 3 is 2.95 bits per heavy atom. The molecule has 0 aliphatic rings. The van der Waals surface area contributed by atoms with Gasteiger partial charge in [-0.3, -0.25) is 4.90 Å². The number of nitrogens with zero attached hydrogens (tertiary/aromatic N) is 4. The van der Waals surface area contributed by atoms with Gasteiger partial charge < -0.3 is 10.5 Å². The third-order valence-electron chi connectivity index (χ3n) is 2.78. The van der Waals surface area contributed by atoms with Gasteiger partial charge in [0.05, 0.1) is 18.1 Å². The van der Waals surface area contributed by atoms with Crippen LogP contribution in [0.15, 0.2) is 6.33 Å². The van der Waals surface area contributed by atoms with Gasteiger partial charge in [0.2, 0.25) is 0 Å². The van der Waals surface area contributed by atoms with Gasteiger partial charge in [-0.25, -0.2) is 9.67 Å². The normalized spacial score (nSPS) is 11.1. The number of nitrogens with two attached hydrogens (primary N) is 1. The van der Waals surface area contributed by atoms with Crippen molar-refractivity contribution in [1.29, 1.82) is 0 Å². The Labute approximate surface area is 119 Å². The summed E-state index contributed by atoms with van der Waals surface area (Å²) in [6, 6.07) is 0. The minimum Gasteiger partial charge on any atom is -0.393 e. The van der Waals surface area contributed by atoms with E-state index in [1.165, 1.54) is 0 Å². The fourth-order valence-electron chi connectivity index (χ4n) is 1.77. The van der Waals surface area contributed by atoms with Gasteiger partial charge in [-0.05, 0) is 6.42 Å². The van der Waals surface area contributed by atoms with Gasteiger partial charge in [-0.1, -0.05) is 19.1 Å². The van der Waals surface area contributed by atoms with Crippen LogP contribution in [0, 0.1) is 0 Å². The summed E-state index contributed by atoms with van der Waals surface area (Å²) in [4.78, 5) is 7.09. The van der Waals surface area contributed by atoms with Gasteiger partial charge in [-0.15, -0.1) is 0 Å². The first-order chi connectivity index (χ1) is 9.17. The Kier molecular flexibility index (Phi) is 7.54. The molecule has 6 nitrogen and oxygen atoms in total. The van der Waals surface area contributed by atoms with Crippen LogP contribution in [0.25, 0.3) is 0 Å². The molecular formula is C12H23N5OS. The monoisotopic (exact) mass is 285 g/mol. The first-order valence-corrected chi connectivity index (χ1v) is 6.94. The lowest BCUT2D eigenvalue weighted by Crippen LogP contribution is -2.31.